The first-order chi connectivity index (χ1) is 12.8. The first-order valence-corrected chi connectivity index (χ1v) is 8.75. The molecule has 1 atom stereocenters. The Morgan fingerprint density at radius 3 is 2.96 bits per heavy atom. The number of nitrogens with zero attached hydrogens (tertiary/aromatic N) is 6. The van der Waals surface area contributed by atoms with Gasteiger partial charge in [-0.1, -0.05) is 5.16 Å². The van der Waals surface area contributed by atoms with Crippen molar-refractivity contribution in [3.63, 3.8) is 0 Å². The van der Waals surface area contributed by atoms with Gasteiger partial charge in [0.1, 0.15) is 12.2 Å². The maximum atomic E-state index is 12.5. The molecule has 0 saturated carbocycles. The SMILES string of the molecule is O=C(Cn1cccc1)N1CCCC(Cc2nc(-c3cnccn3)no2)C1. The molecule has 1 saturated heterocycles. The summed E-state index contributed by atoms with van der Waals surface area (Å²) >= 11 is 0. The lowest BCUT2D eigenvalue weighted by Crippen LogP contribution is -2.42. The predicted octanol–water partition coefficient (Wildman–Crippen LogP) is 1.81. The zero-order chi connectivity index (χ0) is 17.8. The molecule has 4 heterocycles. The van der Waals surface area contributed by atoms with Crippen LogP contribution in [0, 0.1) is 5.92 Å². The zero-order valence-corrected chi connectivity index (χ0v) is 14.4. The van der Waals surface area contributed by atoms with Crippen LogP contribution in [-0.2, 0) is 17.8 Å². The Bertz CT molecular complexity index is 846. The highest BCUT2D eigenvalue weighted by atomic mass is 16.5. The molecule has 0 radical (unpaired) electrons. The maximum Gasteiger partial charge on any atom is 0.242 e. The van der Waals surface area contributed by atoms with Crippen LogP contribution in [0.3, 0.4) is 0 Å². The van der Waals surface area contributed by atoms with Gasteiger partial charge in [0.15, 0.2) is 0 Å². The first-order valence-electron chi connectivity index (χ1n) is 8.75. The number of piperidine rings is 1. The maximum absolute atomic E-state index is 12.5. The van der Waals surface area contributed by atoms with Crippen LogP contribution in [0.25, 0.3) is 11.5 Å². The lowest BCUT2D eigenvalue weighted by molar-refractivity contribution is -0.133. The Kier molecular flexibility index (Phi) is 4.72. The van der Waals surface area contributed by atoms with Gasteiger partial charge in [-0.15, -0.1) is 0 Å². The molecule has 1 unspecified atom stereocenters. The number of hydrogen-bond donors (Lipinski definition) is 0. The molecule has 134 valence electrons. The molecule has 1 aliphatic heterocycles. The number of rotatable bonds is 5. The van der Waals surface area contributed by atoms with E-state index in [0.717, 1.165) is 25.9 Å². The van der Waals surface area contributed by atoms with Crippen LogP contribution >= 0.6 is 0 Å². The first kappa shape index (κ1) is 16.4. The van der Waals surface area contributed by atoms with Crippen LogP contribution < -0.4 is 0 Å². The van der Waals surface area contributed by atoms with Gasteiger partial charge in [-0.2, -0.15) is 4.98 Å². The van der Waals surface area contributed by atoms with Gasteiger partial charge in [0.05, 0.1) is 6.20 Å². The van der Waals surface area contributed by atoms with Crippen LogP contribution in [0.15, 0.2) is 47.6 Å². The van der Waals surface area contributed by atoms with E-state index in [9.17, 15) is 4.79 Å². The van der Waals surface area contributed by atoms with Crippen molar-refractivity contribution in [3.05, 3.63) is 49.0 Å². The van der Waals surface area contributed by atoms with Gasteiger partial charge in [0.2, 0.25) is 17.6 Å². The van der Waals surface area contributed by atoms with E-state index >= 15 is 0 Å². The number of hydrogen-bond acceptors (Lipinski definition) is 6. The van der Waals surface area contributed by atoms with E-state index in [1.165, 1.54) is 0 Å². The van der Waals surface area contributed by atoms with Crippen molar-refractivity contribution in [3.8, 4) is 11.5 Å². The van der Waals surface area contributed by atoms with Crippen molar-refractivity contribution >= 4 is 5.91 Å². The van der Waals surface area contributed by atoms with Crippen LogP contribution in [-0.4, -0.2) is 48.6 Å². The van der Waals surface area contributed by atoms with E-state index in [1.54, 1.807) is 18.6 Å². The predicted molar refractivity (Wildman–Crippen MR) is 92.8 cm³/mol. The molecule has 4 rings (SSSR count). The van der Waals surface area contributed by atoms with Crippen molar-refractivity contribution in [2.75, 3.05) is 13.1 Å². The lowest BCUT2D eigenvalue weighted by atomic mass is 9.94. The number of amides is 1. The smallest absolute Gasteiger partial charge is 0.242 e. The van der Waals surface area contributed by atoms with E-state index in [4.69, 9.17) is 4.52 Å². The molecule has 26 heavy (non-hydrogen) atoms. The van der Waals surface area contributed by atoms with Crippen molar-refractivity contribution < 1.29 is 9.32 Å². The molecular formula is C18H20N6O2. The summed E-state index contributed by atoms with van der Waals surface area (Å²) in [4.78, 5) is 27.0. The number of carbonyl (C=O) groups excluding carboxylic acids is 1. The monoisotopic (exact) mass is 352 g/mol. The van der Waals surface area contributed by atoms with Crippen LogP contribution in [0.4, 0.5) is 0 Å². The lowest BCUT2D eigenvalue weighted by Gasteiger charge is -2.32. The fourth-order valence-corrected chi connectivity index (χ4v) is 3.29. The zero-order valence-electron chi connectivity index (χ0n) is 14.4. The van der Waals surface area contributed by atoms with E-state index < -0.39 is 0 Å². The Hall–Kier alpha value is -3.03. The Balaban J connectivity index is 1.36. The van der Waals surface area contributed by atoms with Gasteiger partial charge in [-0.25, -0.2) is 4.98 Å². The summed E-state index contributed by atoms with van der Waals surface area (Å²) in [7, 11) is 0. The third kappa shape index (κ3) is 3.79. The number of carbonyl (C=O) groups is 1. The summed E-state index contributed by atoms with van der Waals surface area (Å²) < 4.78 is 7.27. The highest BCUT2D eigenvalue weighted by Crippen LogP contribution is 2.21. The van der Waals surface area contributed by atoms with E-state index in [2.05, 4.69) is 20.1 Å². The van der Waals surface area contributed by atoms with Gasteiger partial charge in [-0.05, 0) is 30.9 Å². The Morgan fingerprint density at radius 1 is 1.27 bits per heavy atom. The molecule has 0 aliphatic carbocycles. The number of likely N-dealkylation sites (tertiary alicyclic amines) is 1. The average molecular weight is 352 g/mol. The third-order valence-electron chi connectivity index (χ3n) is 4.58. The molecule has 0 bridgehead atoms. The standard InChI is InChI=1S/C18H20N6O2/c25-17(13-23-7-1-2-8-23)24-9-3-4-14(12-24)10-16-21-18(22-26-16)15-11-19-5-6-20-15/h1-2,5-8,11,14H,3-4,9-10,12-13H2. The fraction of sp³-hybridized carbons (Fsp3) is 0.389. The van der Waals surface area contributed by atoms with Crippen molar-refractivity contribution in [1.82, 2.24) is 29.6 Å². The minimum Gasteiger partial charge on any atom is -0.345 e. The Morgan fingerprint density at radius 2 is 2.15 bits per heavy atom. The van der Waals surface area contributed by atoms with Crippen molar-refractivity contribution in [2.45, 2.75) is 25.8 Å². The molecule has 8 nitrogen and oxygen atoms in total. The summed E-state index contributed by atoms with van der Waals surface area (Å²) in [5, 5.41) is 3.98. The number of aromatic nitrogens is 5. The minimum atomic E-state index is 0.150. The van der Waals surface area contributed by atoms with Gasteiger partial charge in [0.25, 0.3) is 0 Å². The van der Waals surface area contributed by atoms with E-state index in [-0.39, 0.29) is 5.91 Å². The normalized spacial score (nSPS) is 17.4. The van der Waals surface area contributed by atoms with Crippen LogP contribution in [0.5, 0.6) is 0 Å². The third-order valence-corrected chi connectivity index (χ3v) is 4.58. The van der Waals surface area contributed by atoms with Crippen LogP contribution in [0.2, 0.25) is 0 Å². The summed E-state index contributed by atoms with van der Waals surface area (Å²) in [6.45, 7) is 1.92. The summed E-state index contributed by atoms with van der Waals surface area (Å²) in [6, 6.07) is 3.85. The van der Waals surface area contributed by atoms with Gasteiger partial charge in [0, 0.05) is 44.3 Å². The largest absolute Gasteiger partial charge is 0.345 e. The second-order valence-corrected chi connectivity index (χ2v) is 6.51. The van der Waals surface area contributed by atoms with Crippen LogP contribution in [0.1, 0.15) is 18.7 Å². The summed E-state index contributed by atoms with van der Waals surface area (Å²) in [5.41, 5.74) is 0.592. The molecule has 0 N–H and O–H groups in total. The van der Waals surface area contributed by atoms with Gasteiger partial charge in [-0.3, -0.25) is 9.78 Å². The quantitative estimate of drug-likeness (QED) is 0.696. The molecule has 0 spiro atoms. The second kappa shape index (κ2) is 7.47. The molecule has 3 aromatic rings. The van der Waals surface area contributed by atoms with Gasteiger partial charge >= 0.3 is 0 Å². The molecule has 0 aromatic carbocycles. The van der Waals surface area contributed by atoms with E-state index in [0.29, 0.717) is 36.3 Å². The van der Waals surface area contributed by atoms with Crippen molar-refractivity contribution in [1.29, 1.82) is 0 Å². The van der Waals surface area contributed by atoms with Gasteiger partial charge < -0.3 is 14.0 Å². The van der Waals surface area contributed by atoms with E-state index in [1.807, 2.05) is 34.0 Å². The summed E-state index contributed by atoms with van der Waals surface area (Å²) in [5.74, 6) is 1.50. The molecule has 1 aliphatic rings. The average Bonchev–Trinajstić information content (AvgIpc) is 3.35. The fourth-order valence-electron chi connectivity index (χ4n) is 3.29. The molecular weight excluding hydrogens is 332 g/mol. The second-order valence-electron chi connectivity index (χ2n) is 6.51. The Labute approximate surface area is 150 Å². The van der Waals surface area contributed by atoms with Crippen molar-refractivity contribution in [2.24, 2.45) is 5.92 Å². The molecule has 1 fully saturated rings. The molecule has 8 heteroatoms. The topological polar surface area (TPSA) is 89.9 Å². The highest BCUT2D eigenvalue weighted by Gasteiger charge is 2.25. The highest BCUT2D eigenvalue weighted by molar-refractivity contribution is 5.76. The molecule has 1 amide bonds. The summed E-state index contributed by atoms with van der Waals surface area (Å²) in [6.07, 6.45) is 11.3. The minimum absolute atomic E-state index is 0.150. The molecule has 3 aromatic heterocycles.